The minimum atomic E-state index is -0.650. The molecule has 0 spiro atoms. The van der Waals surface area contributed by atoms with Gasteiger partial charge in [-0.1, -0.05) is 18.2 Å². The highest BCUT2D eigenvalue weighted by Gasteiger charge is 2.39. The molecule has 3 heterocycles. The number of rotatable bonds is 5. The number of benzene rings is 2. The summed E-state index contributed by atoms with van der Waals surface area (Å²) in [7, 11) is 0. The molecule has 2 N–H and O–H groups in total. The molecule has 5 rings (SSSR count). The van der Waals surface area contributed by atoms with Crippen molar-refractivity contribution in [3.63, 3.8) is 0 Å². The summed E-state index contributed by atoms with van der Waals surface area (Å²) < 4.78 is 18.7. The lowest BCUT2D eigenvalue weighted by molar-refractivity contribution is -0.128. The Balaban J connectivity index is 1.31. The number of halogens is 1. The maximum absolute atomic E-state index is 13.1. The monoisotopic (exact) mass is 404 g/mol. The molecule has 8 heteroatoms. The van der Waals surface area contributed by atoms with Crippen molar-refractivity contribution < 1.29 is 18.4 Å². The number of imide groups is 1. The highest BCUT2D eigenvalue weighted by atomic mass is 19.1. The summed E-state index contributed by atoms with van der Waals surface area (Å²) in [6.07, 6.45) is 3.73. The zero-order valence-electron chi connectivity index (χ0n) is 15.8. The van der Waals surface area contributed by atoms with Crippen molar-refractivity contribution in [2.45, 2.75) is 19.0 Å². The molecule has 0 radical (unpaired) electrons. The van der Waals surface area contributed by atoms with E-state index in [-0.39, 0.29) is 24.2 Å². The van der Waals surface area contributed by atoms with Crippen molar-refractivity contribution in [3.8, 4) is 11.3 Å². The minimum absolute atomic E-state index is 0.0732. The van der Waals surface area contributed by atoms with Crippen LogP contribution in [0.2, 0.25) is 0 Å². The van der Waals surface area contributed by atoms with Gasteiger partial charge in [0, 0.05) is 29.1 Å². The number of carbonyl (C=O) groups excluding carboxylic acids is 2. The van der Waals surface area contributed by atoms with Crippen LogP contribution in [0.4, 0.5) is 9.18 Å². The lowest BCUT2D eigenvalue weighted by atomic mass is 10.1. The van der Waals surface area contributed by atoms with E-state index in [1.165, 1.54) is 18.3 Å². The smallest absolute Gasteiger partial charge is 0.325 e. The molecule has 1 atom stereocenters. The van der Waals surface area contributed by atoms with Crippen LogP contribution in [0.25, 0.3) is 22.2 Å². The molecule has 2 aromatic heterocycles. The predicted octanol–water partition coefficient (Wildman–Crippen LogP) is 3.63. The molecular weight excluding hydrogens is 387 g/mol. The van der Waals surface area contributed by atoms with Crippen LogP contribution in [0.5, 0.6) is 0 Å². The Kier molecular flexibility index (Phi) is 4.31. The maximum Gasteiger partial charge on any atom is 0.325 e. The average Bonchev–Trinajstić information content (AvgIpc) is 3.44. The van der Waals surface area contributed by atoms with Crippen LogP contribution in [0.15, 0.2) is 65.3 Å². The first kappa shape index (κ1) is 18.1. The van der Waals surface area contributed by atoms with E-state index in [2.05, 4.69) is 15.3 Å². The second kappa shape index (κ2) is 7.14. The Labute approximate surface area is 170 Å². The molecule has 2 aromatic carbocycles. The summed E-state index contributed by atoms with van der Waals surface area (Å²) in [5.41, 5.74) is 2.60. The molecule has 7 nitrogen and oxygen atoms in total. The number of oxazole rings is 1. The fourth-order valence-electron chi connectivity index (χ4n) is 3.65. The molecule has 1 saturated heterocycles. The third-order valence-electron chi connectivity index (χ3n) is 5.18. The lowest BCUT2D eigenvalue weighted by Gasteiger charge is -2.10. The number of H-pyrrole nitrogens is 1. The summed E-state index contributed by atoms with van der Waals surface area (Å²) in [4.78, 5) is 33.6. The van der Waals surface area contributed by atoms with Gasteiger partial charge < -0.3 is 14.7 Å². The zero-order valence-corrected chi connectivity index (χ0v) is 15.8. The number of aromatic nitrogens is 2. The molecule has 1 unspecified atom stereocenters. The van der Waals surface area contributed by atoms with E-state index < -0.39 is 12.1 Å². The summed E-state index contributed by atoms with van der Waals surface area (Å²) in [6, 6.07) is 12.5. The highest BCUT2D eigenvalue weighted by Crippen LogP contribution is 2.24. The quantitative estimate of drug-likeness (QED) is 0.497. The third-order valence-corrected chi connectivity index (χ3v) is 5.18. The Morgan fingerprint density at radius 1 is 1.10 bits per heavy atom. The number of nitrogens with one attached hydrogen (secondary N) is 2. The first-order valence-corrected chi connectivity index (χ1v) is 9.46. The molecule has 1 aliphatic heterocycles. The molecule has 150 valence electrons. The van der Waals surface area contributed by atoms with E-state index in [4.69, 9.17) is 4.42 Å². The molecule has 1 fully saturated rings. The Bertz CT molecular complexity index is 1240. The number of hydrogen-bond acceptors (Lipinski definition) is 4. The van der Waals surface area contributed by atoms with Crippen LogP contribution in [0.1, 0.15) is 11.5 Å². The van der Waals surface area contributed by atoms with Crippen LogP contribution < -0.4 is 5.32 Å². The van der Waals surface area contributed by atoms with Gasteiger partial charge in [0.05, 0.1) is 6.20 Å². The van der Waals surface area contributed by atoms with E-state index in [0.29, 0.717) is 17.7 Å². The maximum atomic E-state index is 13.1. The van der Waals surface area contributed by atoms with Gasteiger partial charge in [0.15, 0.2) is 5.76 Å². The standard InChI is InChI=1S/C22H17FN4O3/c23-15-7-5-13(6-8-15)19-11-25-20(30-19)12-27-21(28)18(26-22(27)29)9-14-10-24-17-4-2-1-3-16(14)17/h1-8,10-11,18,24H,9,12H2,(H,26,29). The van der Waals surface area contributed by atoms with Gasteiger partial charge in [-0.05, 0) is 35.9 Å². The molecule has 0 saturated carbocycles. The first-order valence-electron chi connectivity index (χ1n) is 9.46. The Hall–Kier alpha value is -3.94. The van der Waals surface area contributed by atoms with Crippen LogP contribution >= 0.6 is 0 Å². The predicted molar refractivity (Wildman–Crippen MR) is 107 cm³/mol. The third kappa shape index (κ3) is 3.22. The van der Waals surface area contributed by atoms with Gasteiger partial charge in [-0.3, -0.25) is 9.69 Å². The van der Waals surface area contributed by atoms with Crippen molar-refractivity contribution in [2.75, 3.05) is 0 Å². The minimum Gasteiger partial charge on any atom is -0.439 e. The van der Waals surface area contributed by atoms with Crippen molar-refractivity contribution in [2.24, 2.45) is 0 Å². The number of hydrogen-bond donors (Lipinski definition) is 2. The van der Waals surface area contributed by atoms with Crippen LogP contribution in [-0.2, 0) is 17.8 Å². The van der Waals surface area contributed by atoms with E-state index in [9.17, 15) is 14.0 Å². The topological polar surface area (TPSA) is 91.2 Å². The van der Waals surface area contributed by atoms with E-state index in [0.717, 1.165) is 21.4 Å². The van der Waals surface area contributed by atoms with Gasteiger partial charge in [0.1, 0.15) is 18.4 Å². The van der Waals surface area contributed by atoms with Crippen LogP contribution in [-0.4, -0.2) is 32.8 Å². The second-order valence-corrected chi connectivity index (χ2v) is 7.12. The fourth-order valence-corrected chi connectivity index (χ4v) is 3.65. The number of urea groups is 1. The van der Waals surface area contributed by atoms with Gasteiger partial charge in [0.25, 0.3) is 5.91 Å². The lowest BCUT2D eigenvalue weighted by Crippen LogP contribution is -2.32. The van der Waals surface area contributed by atoms with E-state index in [1.54, 1.807) is 12.1 Å². The summed E-state index contributed by atoms with van der Waals surface area (Å²) in [5, 5.41) is 3.76. The van der Waals surface area contributed by atoms with E-state index >= 15 is 0 Å². The van der Waals surface area contributed by atoms with Crippen molar-refractivity contribution in [1.82, 2.24) is 20.2 Å². The van der Waals surface area contributed by atoms with Gasteiger partial charge in [0.2, 0.25) is 5.89 Å². The molecule has 4 aromatic rings. The molecule has 1 aliphatic rings. The summed E-state index contributed by atoms with van der Waals surface area (Å²) in [6.45, 7) is -0.0732. The SMILES string of the molecule is O=C1NC(Cc2c[nH]c3ccccc23)C(=O)N1Cc1ncc(-c2ccc(F)cc2)o1. The highest BCUT2D eigenvalue weighted by molar-refractivity contribution is 6.04. The number of fused-ring (bicyclic) bond motifs is 1. The molecule has 0 aliphatic carbocycles. The van der Waals surface area contributed by atoms with Crippen molar-refractivity contribution >= 4 is 22.8 Å². The van der Waals surface area contributed by atoms with Gasteiger partial charge in [-0.25, -0.2) is 14.2 Å². The van der Waals surface area contributed by atoms with Gasteiger partial charge >= 0.3 is 6.03 Å². The Morgan fingerprint density at radius 3 is 2.73 bits per heavy atom. The number of para-hydroxylation sites is 1. The van der Waals surface area contributed by atoms with Gasteiger partial charge in [-0.2, -0.15) is 0 Å². The number of amides is 3. The van der Waals surface area contributed by atoms with Crippen LogP contribution in [0.3, 0.4) is 0 Å². The second-order valence-electron chi connectivity index (χ2n) is 7.12. The number of carbonyl (C=O) groups is 2. The van der Waals surface area contributed by atoms with Gasteiger partial charge in [-0.15, -0.1) is 0 Å². The normalized spacial score (nSPS) is 16.4. The summed E-state index contributed by atoms with van der Waals surface area (Å²) in [5.74, 6) is -0.0103. The molecule has 0 bridgehead atoms. The molecule has 3 amide bonds. The summed E-state index contributed by atoms with van der Waals surface area (Å²) >= 11 is 0. The number of nitrogens with zero attached hydrogens (tertiary/aromatic N) is 2. The molecular formula is C22H17FN4O3. The van der Waals surface area contributed by atoms with Crippen LogP contribution in [0, 0.1) is 5.82 Å². The fraction of sp³-hybridized carbons (Fsp3) is 0.136. The first-order chi connectivity index (χ1) is 14.6. The zero-order chi connectivity index (χ0) is 20.7. The molecule has 30 heavy (non-hydrogen) atoms. The van der Waals surface area contributed by atoms with Crippen molar-refractivity contribution in [3.05, 3.63) is 78.2 Å². The van der Waals surface area contributed by atoms with Crippen molar-refractivity contribution in [1.29, 1.82) is 0 Å². The average molecular weight is 404 g/mol. The Morgan fingerprint density at radius 2 is 1.90 bits per heavy atom. The largest absolute Gasteiger partial charge is 0.439 e. The number of aromatic amines is 1. The van der Waals surface area contributed by atoms with E-state index in [1.807, 2.05) is 30.5 Å².